The molecule has 3 N–H and O–H groups in total. The van der Waals surface area contributed by atoms with E-state index in [4.69, 9.17) is 146 Å². The topological polar surface area (TPSA) is 323 Å². The van der Waals surface area contributed by atoms with Crippen molar-refractivity contribution in [1.29, 1.82) is 0 Å². The van der Waals surface area contributed by atoms with E-state index in [1.165, 1.54) is 6.07 Å². The molecule has 0 aliphatic carbocycles. The van der Waals surface area contributed by atoms with E-state index in [2.05, 4.69) is 15.9 Å². The van der Waals surface area contributed by atoms with Crippen LogP contribution in [0.5, 0.6) is 92.0 Å². The van der Waals surface area contributed by atoms with Crippen molar-refractivity contribution in [3.8, 4) is 92.0 Å². The highest BCUT2D eigenvalue weighted by Gasteiger charge is 2.35. The molecule has 4 heterocycles. The van der Waals surface area contributed by atoms with Gasteiger partial charge in [0.2, 0.25) is 0 Å². The number of carboxylic acid groups (broad SMARTS) is 1. The molecule has 0 spiro atoms. The molecule has 4 aliphatic heterocycles. The lowest BCUT2D eigenvalue weighted by atomic mass is 10.0. The number of hydrogen-bond acceptors (Lipinski definition) is 26. The Morgan fingerprint density at radius 2 is 0.530 bits per heavy atom. The number of ether oxygens (including phenoxy) is 20. The summed E-state index contributed by atoms with van der Waals surface area (Å²) in [4.78, 5) is 57.0. The van der Waals surface area contributed by atoms with Gasteiger partial charge in [0, 0.05) is 44.1 Å². The molecule has 0 radical (unpaired) electrons. The Morgan fingerprint density at radius 1 is 0.302 bits per heavy atom. The third-order valence-electron chi connectivity index (χ3n) is 24.4. The quantitative estimate of drug-likeness (QED) is 0.0300. The van der Waals surface area contributed by atoms with Gasteiger partial charge in [-0.3, -0.25) is 14.4 Å². The van der Waals surface area contributed by atoms with Crippen molar-refractivity contribution in [1.82, 2.24) is 14.7 Å². The Hall–Kier alpha value is -13.3. The summed E-state index contributed by atoms with van der Waals surface area (Å²) < 4.78 is 112. The molecule has 792 valence electrons. The summed E-state index contributed by atoms with van der Waals surface area (Å²) >= 11 is 30.2. The first-order chi connectivity index (χ1) is 72.5. The maximum Gasteiger partial charge on any atom is 0.337 e. The summed E-state index contributed by atoms with van der Waals surface area (Å²) in [7, 11) is 12.9. The molecule has 149 heavy (non-hydrogen) atoms. The molecule has 0 unspecified atom stereocenters. The number of carboxylic acids is 1. The van der Waals surface area contributed by atoms with Gasteiger partial charge >= 0.3 is 5.97 Å². The van der Waals surface area contributed by atoms with E-state index in [1.54, 1.807) is 109 Å². The monoisotopic (exact) mass is 2190 g/mol. The minimum Gasteiger partial charge on any atom is -0.497 e. The van der Waals surface area contributed by atoms with Gasteiger partial charge in [0.25, 0.3) is 17.7 Å². The van der Waals surface area contributed by atoms with Crippen molar-refractivity contribution in [3.05, 3.63) is 330 Å². The number of carbonyl (C=O) groups excluding carboxylic acids is 3. The summed E-state index contributed by atoms with van der Waals surface area (Å²) in [6.07, 6.45) is 3.05. The van der Waals surface area contributed by atoms with E-state index in [0.717, 1.165) is 123 Å². The summed E-state index contributed by atoms with van der Waals surface area (Å²) in [5.41, 5.74) is 8.30. The standard InChI is InChI=1S/C29H32ClNO6.C28H29BrClNO6.C28H30ClNO7.C23H21ClO6.C6H12O2/c1-4-22-19-35-16-15-31(22)29(32)25-13-14-26(36-17-20-5-9-23(33-2)10-6-20)28(27(25)30)37-18-21-7-11-24(34-3)12-8-21;1-33-22-7-3-19(4-8-22)16-36-25-12-11-24(28(32)31-13-14-35-18-21(31)15-29)26(30)27(25)37-17-20-5-9-23(34-2)10-6-20;1-33-22-7-3-19(4-8-22)16-36-25-12-11-24(28(32)30-13-14-35-18-21(30)15-31)26(29)27(25)37-17-20-5-9-23(34-2)10-6-20;1-27-17-7-3-15(4-8-17)13-29-20-12-11-19(23(25)26)21(24)22(20)30-14-16-5-9-18(28-2)10-6-16;7-4-6-2-1-3-8-5-6/h5-14,22H,4,15-19H2,1-3H3;3-12,21H,13-18H2,1-2H3;3-12,21,31H,13-18H2,1-2H3;3-12H,13-14H2,1-2H3,(H,25,26);6-7H,1-5H2/t22-;2*21-;;6-/m111.1/s1. The number of morpholine rings is 3. The number of aliphatic hydroxyl groups is 2. The summed E-state index contributed by atoms with van der Waals surface area (Å²) in [6, 6.07) is 72.7. The number of rotatable bonds is 40. The number of carbonyl (C=O) groups is 4. The predicted molar refractivity (Wildman–Crippen MR) is 570 cm³/mol. The summed E-state index contributed by atoms with van der Waals surface area (Å²) in [5, 5.41) is 28.9. The number of halogens is 5. The van der Waals surface area contributed by atoms with E-state index in [0.29, 0.717) is 129 Å². The Bertz CT molecular complexity index is 5750. The molecule has 4 atom stereocenters. The largest absolute Gasteiger partial charge is 0.497 e. The Labute approximate surface area is 896 Å². The average molecular weight is 2190 g/mol. The van der Waals surface area contributed by atoms with Crippen molar-refractivity contribution in [2.45, 2.75) is 97.2 Å². The fourth-order valence-corrected chi connectivity index (χ4v) is 17.3. The van der Waals surface area contributed by atoms with Gasteiger partial charge in [-0.05, 0) is 209 Å². The van der Waals surface area contributed by atoms with Crippen LogP contribution >= 0.6 is 62.3 Å². The van der Waals surface area contributed by atoms with Crippen molar-refractivity contribution < 1.29 is 129 Å². The summed E-state index contributed by atoms with van der Waals surface area (Å²) in [6.45, 7) is 9.77. The van der Waals surface area contributed by atoms with Gasteiger partial charge in [-0.15, -0.1) is 0 Å². The third-order valence-corrected chi connectivity index (χ3v) is 26.6. The van der Waals surface area contributed by atoms with Crippen LogP contribution in [0.2, 0.25) is 20.1 Å². The van der Waals surface area contributed by atoms with E-state index >= 15 is 0 Å². The van der Waals surface area contributed by atoms with Crippen LogP contribution in [0.4, 0.5) is 0 Å². The zero-order chi connectivity index (χ0) is 106. The molecular formula is C114H124BrCl4N3O27. The highest BCUT2D eigenvalue weighted by atomic mass is 79.9. The Morgan fingerprint density at radius 3 is 0.752 bits per heavy atom. The molecule has 16 rings (SSSR count). The lowest BCUT2D eigenvalue weighted by Crippen LogP contribution is -2.50. The second kappa shape index (κ2) is 59.8. The first kappa shape index (κ1) is 114. The second-order valence-corrected chi connectivity index (χ2v) is 36.3. The minimum absolute atomic E-state index is 0.00647. The number of amides is 3. The zero-order valence-corrected chi connectivity index (χ0v) is 89.1. The normalized spacial score (nSPS) is 15.1. The SMILES string of the molecule is CC[C@@H]1COCCN1C(=O)c1ccc(OCc2ccc(OC)cc2)c(OCc2ccc(OC)cc2)c1Cl.COc1ccc(COc2ccc(C(=O)N3CCOC[C@H]3CBr)c(Cl)c2OCc2ccc(OC)cc2)cc1.COc1ccc(COc2ccc(C(=O)N3CCOC[C@H]3CO)c(Cl)c2OCc2ccc(OC)cc2)cc1.COc1ccc(COc2ccc(C(=O)O)c(Cl)c2OCc2ccc(OC)cc2)cc1.OC[C@H]1CCCOC1. The lowest BCUT2D eigenvalue weighted by Gasteiger charge is -2.35. The zero-order valence-electron chi connectivity index (χ0n) is 84.5. The maximum atomic E-state index is 13.5. The van der Waals surface area contributed by atoms with Gasteiger partial charge in [0.1, 0.15) is 104 Å². The van der Waals surface area contributed by atoms with E-state index < -0.39 is 12.0 Å². The molecule has 30 nitrogen and oxygen atoms in total. The first-order valence-electron chi connectivity index (χ1n) is 48.2. The Balaban J connectivity index is 0.000000172. The molecule has 0 bridgehead atoms. The number of hydrogen-bond donors (Lipinski definition) is 3. The van der Waals surface area contributed by atoms with Crippen molar-refractivity contribution in [3.63, 3.8) is 0 Å². The smallest absolute Gasteiger partial charge is 0.337 e. The molecule has 0 saturated carbocycles. The predicted octanol–water partition coefficient (Wildman–Crippen LogP) is 21.5. The average Bonchev–Trinajstić information content (AvgIpc) is 0.796. The molecular weight excluding hydrogens is 2060 g/mol. The highest BCUT2D eigenvalue weighted by Crippen LogP contribution is 2.45. The van der Waals surface area contributed by atoms with Crippen LogP contribution in [0.25, 0.3) is 0 Å². The molecule has 4 saturated heterocycles. The van der Waals surface area contributed by atoms with Crippen molar-refractivity contribution in [2.75, 3.05) is 148 Å². The van der Waals surface area contributed by atoms with Crippen LogP contribution in [0, 0.1) is 5.92 Å². The van der Waals surface area contributed by atoms with Gasteiger partial charge < -0.3 is 125 Å². The van der Waals surface area contributed by atoms with Gasteiger partial charge in [-0.1, -0.05) is 166 Å². The lowest BCUT2D eigenvalue weighted by molar-refractivity contribution is -0.0184. The third kappa shape index (κ3) is 33.1. The van der Waals surface area contributed by atoms with Crippen LogP contribution in [-0.4, -0.2) is 220 Å². The van der Waals surface area contributed by atoms with Gasteiger partial charge in [-0.2, -0.15) is 0 Å². The maximum absolute atomic E-state index is 13.5. The molecule has 35 heteroatoms. The van der Waals surface area contributed by atoms with Crippen molar-refractivity contribution >= 4 is 86.0 Å². The van der Waals surface area contributed by atoms with E-state index in [9.17, 15) is 29.4 Å². The minimum atomic E-state index is -1.14. The summed E-state index contributed by atoms with van der Waals surface area (Å²) in [5.74, 6) is 7.45. The van der Waals surface area contributed by atoms with Crippen LogP contribution < -0.4 is 75.8 Å². The number of alkyl halides is 1. The number of methoxy groups -OCH3 is 8. The molecule has 4 aliphatic rings. The number of benzene rings is 12. The molecule has 0 aromatic heterocycles. The second-order valence-electron chi connectivity index (χ2n) is 34.1. The van der Waals surface area contributed by atoms with Crippen LogP contribution in [0.1, 0.15) is 112 Å². The number of nitrogens with zero attached hydrogens (tertiary/aromatic N) is 3. The number of aliphatic hydroxyl groups excluding tert-OH is 2. The van der Waals surface area contributed by atoms with Crippen LogP contribution in [-0.2, 0) is 71.8 Å². The Kier molecular flexibility index (Phi) is 45.9. The molecule has 12 aromatic carbocycles. The fourth-order valence-electron chi connectivity index (χ4n) is 15.6. The van der Waals surface area contributed by atoms with Gasteiger partial charge in [0.15, 0.2) is 46.0 Å². The van der Waals surface area contributed by atoms with E-state index in [-0.39, 0.29) is 125 Å². The molecule has 12 aromatic rings. The van der Waals surface area contributed by atoms with E-state index in [1.807, 2.05) is 206 Å². The highest BCUT2D eigenvalue weighted by molar-refractivity contribution is 9.09. The first-order valence-corrected chi connectivity index (χ1v) is 50.8. The number of aromatic carboxylic acids is 1. The van der Waals surface area contributed by atoms with Gasteiger partial charge in [0.05, 0.1) is 165 Å². The molecule has 3 amide bonds. The fraction of sp³-hybridized carbons (Fsp3) is 0.333. The molecule has 4 fully saturated rings. The van der Waals surface area contributed by atoms with Crippen LogP contribution in [0.15, 0.2) is 243 Å². The van der Waals surface area contributed by atoms with Crippen molar-refractivity contribution in [2.24, 2.45) is 5.92 Å². The van der Waals surface area contributed by atoms with Gasteiger partial charge in [-0.25, -0.2) is 4.79 Å². The van der Waals surface area contributed by atoms with Crippen LogP contribution in [0.3, 0.4) is 0 Å².